The van der Waals surface area contributed by atoms with Gasteiger partial charge in [-0.2, -0.15) is 4.98 Å². The van der Waals surface area contributed by atoms with E-state index in [-0.39, 0.29) is 17.4 Å². The van der Waals surface area contributed by atoms with Crippen LogP contribution in [-0.2, 0) is 10.3 Å². The molecule has 1 N–H and O–H groups in total. The molecule has 0 atom stereocenters. The van der Waals surface area contributed by atoms with E-state index in [1.54, 1.807) is 6.20 Å². The van der Waals surface area contributed by atoms with Gasteiger partial charge in [-0.1, -0.05) is 17.7 Å². The maximum Gasteiger partial charge on any atom is 0.229 e. The van der Waals surface area contributed by atoms with Gasteiger partial charge in [0.05, 0.1) is 35.1 Å². The Kier molecular flexibility index (Phi) is 5.19. The van der Waals surface area contributed by atoms with Gasteiger partial charge in [-0.3, -0.25) is 4.79 Å². The van der Waals surface area contributed by atoms with Gasteiger partial charge < -0.3 is 24.4 Å². The standard InChI is InChI=1S/C25H31ClN8O/c1-24(2,19-13-28-20-6-4-5-10-33(19)20)31(3)22(35)17-14-32(15-17)21-18(26)12-29-23(30-21)34-11-9-27-16-25(34)7-8-25/h4-6,10,12-13,17,27H,7-9,11,14-16H2,1-3H3. The molecule has 5 heterocycles. The molecule has 3 fully saturated rings. The van der Waals surface area contributed by atoms with Crippen molar-refractivity contribution in [2.45, 2.75) is 37.8 Å². The fourth-order valence-corrected chi connectivity index (χ4v) is 5.57. The molecule has 1 aliphatic carbocycles. The number of rotatable bonds is 5. The molecule has 3 aromatic heterocycles. The molecule has 2 saturated heterocycles. The summed E-state index contributed by atoms with van der Waals surface area (Å²) < 4.78 is 2.04. The number of carbonyl (C=O) groups is 1. The molecule has 0 bridgehead atoms. The predicted molar refractivity (Wildman–Crippen MR) is 136 cm³/mol. The highest BCUT2D eigenvalue weighted by molar-refractivity contribution is 6.32. The van der Waals surface area contributed by atoms with Crippen molar-refractivity contribution < 1.29 is 4.79 Å². The van der Waals surface area contributed by atoms with Crippen LogP contribution in [0.3, 0.4) is 0 Å². The Labute approximate surface area is 210 Å². The summed E-state index contributed by atoms with van der Waals surface area (Å²) in [7, 11) is 1.88. The number of nitrogens with one attached hydrogen (secondary N) is 1. The zero-order valence-electron chi connectivity index (χ0n) is 20.4. The van der Waals surface area contributed by atoms with Crippen molar-refractivity contribution >= 4 is 34.9 Å². The van der Waals surface area contributed by atoms with Crippen LogP contribution in [-0.4, -0.2) is 75.5 Å². The van der Waals surface area contributed by atoms with Crippen molar-refractivity contribution in [1.82, 2.24) is 29.6 Å². The van der Waals surface area contributed by atoms with E-state index in [4.69, 9.17) is 16.6 Å². The van der Waals surface area contributed by atoms with Gasteiger partial charge in [-0.05, 0) is 38.8 Å². The minimum atomic E-state index is -0.515. The number of amides is 1. The molecule has 10 heteroatoms. The molecule has 3 aromatic rings. The monoisotopic (exact) mass is 494 g/mol. The first-order valence-corrected chi connectivity index (χ1v) is 12.6. The largest absolute Gasteiger partial charge is 0.353 e. The van der Waals surface area contributed by atoms with E-state index in [9.17, 15) is 4.79 Å². The molecule has 3 aliphatic rings. The molecule has 1 saturated carbocycles. The maximum absolute atomic E-state index is 13.5. The molecular formula is C25H31ClN8O. The second-order valence-electron chi connectivity index (χ2n) is 10.5. The number of pyridine rings is 1. The molecular weight excluding hydrogens is 464 g/mol. The quantitative estimate of drug-likeness (QED) is 0.583. The molecule has 0 radical (unpaired) electrons. The minimum absolute atomic E-state index is 0.109. The number of halogens is 1. The third-order valence-corrected chi connectivity index (χ3v) is 8.33. The number of aromatic nitrogens is 4. The van der Waals surface area contributed by atoms with Crippen LogP contribution in [0.5, 0.6) is 0 Å². The van der Waals surface area contributed by atoms with Crippen molar-refractivity contribution in [3.8, 4) is 0 Å². The Balaban J connectivity index is 1.17. The highest BCUT2D eigenvalue weighted by Crippen LogP contribution is 2.44. The maximum atomic E-state index is 13.5. The van der Waals surface area contributed by atoms with Gasteiger partial charge in [0, 0.05) is 46.0 Å². The van der Waals surface area contributed by atoms with Crippen LogP contribution in [0.15, 0.2) is 36.8 Å². The van der Waals surface area contributed by atoms with Crippen LogP contribution in [0.4, 0.5) is 11.8 Å². The number of piperazine rings is 1. The van der Waals surface area contributed by atoms with Crippen molar-refractivity contribution in [3.05, 3.63) is 47.5 Å². The van der Waals surface area contributed by atoms with Gasteiger partial charge in [0.25, 0.3) is 0 Å². The van der Waals surface area contributed by atoms with E-state index in [2.05, 4.69) is 38.9 Å². The van der Waals surface area contributed by atoms with Crippen molar-refractivity contribution in [2.24, 2.45) is 5.92 Å². The Morgan fingerprint density at radius 1 is 1.23 bits per heavy atom. The summed E-state index contributed by atoms with van der Waals surface area (Å²) in [4.78, 5) is 33.6. The summed E-state index contributed by atoms with van der Waals surface area (Å²) in [6.07, 6.45) is 7.87. The lowest BCUT2D eigenvalue weighted by molar-refractivity contribution is -0.140. The van der Waals surface area contributed by atoms with Crippen LogP contribution in [0.1, 0.15) is 32.4 Å². The van der Waals surface area contributed by atoms with Crippen LogP contribution >= 0.6 is 11.6 Å². The Morgan fingerprint density at radius 3 is 2.80 bits per heavy atom. The lowest BCUT2D eigenvalue weighted by Crippen LogP contribution is -2.57. The molecule has 0 aromatic carbocycles. The van der Waals surface area contributed by atoms with Crippen molar-refractivity contribution in [3.63, 3.8) is 0 Å². The smallest absolute Gasteiger partial charge is 0.229 e. The average Bonchev–Trinajstić information content (AvgIpc) is 3.44. The summed E-state index contributed by atoms with van der Waals surface area (Å²) in [5.74, 6) is 1.46. The molecule has 1 amide bonds. The number of fused-ring (bicyclic) bond motifs is 1. The minimum Gasteiger partial charge on any atom is -0.353 e. The molecule has 1 spiro atoms. The SMILES string of the molecule is CN(C(=O)C1CN(c2nc(N3CCNCC34CC4)ncc2Cl)C1)C(C)(C)c1cnc2ccccn12. The Morgan fingerprint density at radius 2 is 2.03 bits per heavy atom. The van der Waals surface area contributed by atoms with Crippen molar-refractivity contribution in [1.29, 1.82) is 0 Å². The second-order valence-corrected chi connectivity index (χ2v) is 10.9. The van der Waals surface area contributed by atoms with E-state index in [1.165, 1.54) is 0 Å². The van der Waals surface area contributed by atoms with Gasteiger partial charge in [-0.15, -0.1) is 0 Å². The fourth-order valence-electron chi connectivity index (χ4n) is 5.36. The Hall–Kier alpha value is -2.91. The first-order chi connectivity index (χ1) is 16.8. The molecule has 2 aliphatic heterocycles. The zero-order valence-corrected chi connectivity index (χ0v) is 21.2. The number of hydrogen-bond acceptors (Lipinski definition) is 7. The van der Waals surface area contributed by atoms with Crippen molar-refractivity contribution in [2.75, 3.05) is 49.6 Å². The van der Waals surface area contributed by atoms with Crippen LogP contribution in [0, 0.1) is 5.92 Å². The van der Waals surface area contributed by atoms with Gasteiger partial charge in [-0.25, -0.2) is 9.97 Å². The Bertz CT molecular complexity index is 1280. The van der Waals surface area contributed by atoms with Gasteiger partial charge in [0.1, 0.15) is 10.7 Å². The van der Waals surface area contributed by atoms with E-state index in [0.717, 1.165) is 55.6 Å². The lowest BCUT2D eigenvalue weighted by atomic mass is 9.93. The molecule has 9 nitrogen and oxygen atoms in total. The van der Waals surface area contributed by atoms with Crippen LogP contribution in [0.2, 0.25) is 5.02 Å². The van der Waals surface area contributed by atoms with Gasteiger partial charge in [0.2, 0.25) is 11.9 Å². The van der Waals surface area contributed by atoms with Crippen LogP contribution < -0.4 is 15.1 Å². The average molecular weight is 495 g/mol. The van der Waals surface area contributed by atoms with E-state index in [0.29, 0.717) is 18.1 Å². The number of carbonyl (C=O) groups excluding carboxylic acids is 1. The highest BCUT2D eigenvalue weighted by atomic mass is 35.5. The summed E-state index contributed by atoms with van der Waals surface area (Å²) in [6.45, 7) is 8.11. The summed E-state index contributed by atoms with van der Waals surface area (Å²) >= 11 is 6.51. The predicted octanol–water partition coefficient (Wildman–Crippen LogP) is 2.55. The number of nitrogens with zero attached hydrogens (tertiary/aromatic N) is 7. The van der Waals surface area contributed by atoms with E-state index in [1.807, 2.05) is 46.9 Å². The summed E-state index contributed by atoms with van der Waals surface area (Å²) in [5.41, 5.74) is 1.49. The first-order valence-electron chi connectivity index (χ1n) is 12.3. The molecule has 184 valence electrons. The molecule has 35 heavy (non-hydrogen) atoms. The van der Waals surface area contributed by atoms with E-state index >= 15 is 0 Å². The summed E-state index contributed by atoms with van der Waals surface area (Å²) in [6, 6.07) is 5.91. The van der Waals surface area contributed by atoms with Crippen LogP contribution in [0.25, 0.3) is 5.65 Å². The topological polar surface area (TPSA) is 81.9 Å². The third-order valence-electron chi connectivity index (χ3n) is 8.06. The van der Waals surface area contributed by atoms with Gasteiger partial charge >= 0.3 is 0 Å². The second kappa shape index (κ2) is 8.06. The lowest BCUT2D eigenvalue weighted by Gasteiger charge is -2.44. The highest BCUT2D eigenvalue weighted by Gasteiger charge is 2.50. The van der Waals surface area contributed by atoms with Gasteiger partial charge in [0.15, 0.2) is 5.82 Å². The zero-order chi connectivity index (χ0) is 24.4. The first kappa shape index (κ1) is 22.5. The summed E-state index contributed by atoms with van der Waals surface area (Å²) in [5, 5.41) is 4.01. The number of hydrogen-bond donors (Lipinski definition) is 1. The molecule has 6 rings (SSSR count). The third kappa shape index (κ3) is 3.63. The molecule has 0 unspecified atom stereocenters. The number of imidazole rings is 1. The normalized spacial score (nSPS) is 19.8. The number of anilines is 2. The van der Waals surface area contributed by atoms with E-state index < -0.39 is 5.54 Å². The fraction of sp³-hybridized carbons (Fsp3) is 0.520.